The van der Waals surface area contributed by atoms with Gasteiger partial charge in [-0.1, -0.05) is 16.8 Å². The normalized spacial score (nSPS) is 26.9. The summed E-state index contributed by atoms with van der Waals surface area (Å²) in [6, 6.07) is 5.63. The van der Waals surface area contributed by atoms with Crippen LogP contribution in [0.25, 0.3) is 0 Å². The quantitative estimate of drug-likeness (QED) is 0.713. The largest absolute Gasteiger partial charge is 0.496 e. The van der Waals surface area contributed by atoms with Gasteiger partial charge in [-0.2, -0.15) is 4.98 Å². The van der Waals surface area contributed by atoms with Crippen LogP contribution < -0.4 is 4.74 Å². The summed E-state index contributed by atoms with van der Waals surface area (Å²) >= 11 is 6.09. The molecule has 5 rings (SSSR count). The van der Waals surface area contributed by atoms with Crippen molar-refractivity contribution in [3.63, 3.8) is 0 Å². The Morgan fingerprint density at radius 1 is 1.26 bits per heavy atom. The van der Waals surface area contributed by atoms with Crippen LogP contribution in [-0.2, 0) is 10.2 Å². The third kappa shape index (κ3) is 3.60. The molecule has 3 saturated heterocycles. The standard InChI is InChI=1S/C22H27ClN4O4/c1-14-24-21(31-25-14)22-12-26(17-5-7-30-8-6-17)10-15(22)11-27(13-22)20(28)18-4-3-16(23)9-19(18)29-2/h3-4,9,15,17H,5-8,10-13H2,1-2H3/t15-,22-/m1/s1. The van der Waals surface area contributed by atoms with E-state index in [0.717, 1.165) is 39.1 Å². The van der Waals surface area contributed by atoms with Crippen LogP contribution in [0.1, 0.15) is 34.9 Å². The minimum absolute atomic E-state index is 0.0591. The first-order valence-corrected chi connectivity index (χ1v) is 11.1. The van der Waals surface area contributed by atoms with Crippen LogP contribution in [-0.4, -0.2) is 78.4 Å². The smallest absolute Gasteiger partial charge is 0.257 e. The van der Waals surface area contributed by atoms with Gasteiger partial charge < -0.3 is 18.9 Å². The van der Waals surface area contributed by atoms with E-state index in [1.54, 1.807) is 25.3 Å². The molecule has 0 N–H and O–H groups in total. The Hall–Kier alpha value is -2.16. The molecule has 2 aromatic rings. The minimum atomic E-state index is -0.352. The van der Waals surface area contributed by atoms with E-state index in [2.05, 4.69) is 15.0 Å². The van der Waals surface area contributed by atoms with Gasteiger partial charge in [-0.3, -0.25) is 9.69 Å². The van der Waals surface area contributed by atoms with Crippen LogP contribution in [0.2, 0.25) is 5.02 Å². The highest BCUT2D eigenvalue weighted by Crippen LogP contribution is 2.46. The van der Waals surface area contributed by atoms with Crippen molar-refractivity contribution in [3.8, 4) is 5.75 Å². The fraction of sp³-hybridized carbons (Fsp3) is 0.591. The van der Waals surface area contributed by atoms with Gasteiger partial charge in [0.05, 0.1) is 18.1 Å². The summed E-state index contributed by atoms with van der Waals surface area (Å²) in [5.74, 6) is 1.93. The van der Waals surface area contributed by atoms with Gasteiger partial charge in [-0.05, 0) is 38.0 Å². The van der Waals surface area contributed by atoms with Gasteiger partial charge in [0, 0.05) is 56.4 Å². The number of hydrogen-bond acceptors (Lipinski definition) is 7. The lowest BCUT2D eigenvalue weighted by Crippen LogP contribution is -2.44. The van der Waals surface area contributed by atoms with Crippen LogP contribution in [0.4, 0.5) is 0 Å². The van der Waals surface area contributed by atoms with Crippen LogP contribution in [0.3, 0.4) is 0 Å². The van der Waals surface area contributed by atoms with Crippen molar-refractivity contribution in [2.45, 2.75) is 31.2 Å². The van der Waals surface area contributed by atoms with E-state index in [1.807, 2.05) is 11.8 Å². The van der Waals surface area contributed by atoms with Gasteiger partial charge >= 0.3 is 0 Å². The number of carbonyl (C=O) groups is 1. The molecule has 2 atom stereocenters. The lowest BCUT2D eigenvalue weighted by atomic mass is 9.81. The zero-order valence-corrected chi connectivity index (χ0v) is 18.6. The van der Waals surface area contributed by atoms with Gasteiger partial charge in [0.2, 0.25) is 5.89 Å². The Labute approximate surface area is 186 Å². The molecular weight excluding hydrogens is 420 g/mol. The number of halogens is 1. The molecule has 9 heteroatoms. The number of aryl methyl sites for hydroxylation is 1. The first kappa shape index (κ1) is 20.7. The zero-order valence-electron chi connectivity index (χ0n) is 17.8. The van der Waals surface area contributed by atoms with Gasteiger partial charge in [0.15, 0.2) is 5.82 Å². The minimum Gasteiger partial charge on any atom is -0.496 e. The summed E-state index contributed by atoms with van der Waals surface area (Å²) in [6.45, 7) is 6.35. The van der Waals surface area contributed by atoms with Crippen molar-refractivity contribution in [1.29, 1.82) is 0 Å². The monoisotopic (exact) mass is 446 g/mol. The first-order chi connectivity index (χ1) is 15.0. The van der Waals surface area contributed by atoms with E-state index in [0.29, 0.717) is 47.2 Å². The van der Waals surface area contributed by atoms with Crippen molar-refractivity contribution in [1.82, 2.24) is 19.9 Å². The van der Waals surface area contributed by atoms with Crippen molar-refractivity contribution >= 4 is 17.5 Å². The number of fused-ring (bicyclic) bond motifs is 1. The maximum atomic E-state index is 13.4. The predicted octanol–water partition coefficient (Wildman–Crippen LogP) is 2.54. The fourth-order valence-corrected chi connectivity index (χ4v) is 5.56. The molecule has 8 nitrogen and oxygen atoms in total. The summed E-state index contributed by atoms with van der Waals surface area (Å²) < 4.78 is 16.7. The number of rotatable bonds is 4. The van der Waals surface area contributed by atoms with Crippen molar-refractivity contribution in [3.05, 3.63) is 40.5 Å². The maximum absolute atomic E-state index is 13.4. The van der Waals surface area contributed by atoms with Crippen molar-refractivity contribution in [2.24, 2.45) is 5.92 Å². The van der Waals surface area contributed by atoms with Crippen molar-refractivity contribution in [2.75, 3.05) is 46.5 Å². The van der Waals surface area contributed by atoms with E-state index in [-0.39, 0.29) is 17.2 Å². The maximum Gasteiger partial charge on any atom is 0.257 e. The molecule has 1 amide bonds. The van der Waals surface area contributed by atoms with Gasteiger partial charge in [-0.25, -0.2) is 0 Å². The first-order valence-electron chi connectivity index (χ1n) is 10.8. The molecule has 1 aromatic heterocycles. The molecule has 0 bridgehead atoms. The zero-order chi connectivity index (χ0) is 21.6. The summed E-state index contributed by atoms with van der Waals surface area (Å²) in [5, 5.41) is 4.59. The topological polar surface area (TPSA) is 80.9 Å². The Kier molecular flexibility index (Phi) is 5.40. The van der Waals surface area contributed by atoms with Crippen LogP contribution in [0, 0.1) is 12.8 Å². The highest BCUT2D eigenvalue weighted by atomic mass is 35.5. The molecule has 31 heavy (non-hydrogen) atoms. The van der Waals surface area contributed by atoms with E-state index >= 15 is 0 Å². The van der Waals surface area contributed by atoms with Crippen LogP contribution in [0.15, 0.2) is 22.7 Å². The Morgan fingerprint density at radius 2 is 2.06 bits per heavy atom. The second-order valence-corrected chi connectivity index (χ2v) is 9.24. The predicted molar refractivity (Wildman–Crippen MR) is 114 cm³/mol. The number of ether oxygens (including phenoxy) is 2. The molecule has 3 fully saturated rings. The van der Waals surface area contributed by atoms with E-state index in [4.69, 9.17) is 25.6 Å². The highest BCUT2D eigenvalue weighted by molar-refractivity contribution is 6.30. The Bertz CT molecular complexity index is 976. The Morgan fingerprint density at radius 3 is 2.77 bits per heavy atom. The molecule has 0 aliphatic carbocycles. The number of nitrogens with zero attached hydrogens (tertiary/aromatic N) is 4. The van der Waals surface area contributed by atoms with Crippen LogP contribution in [0.5, 0.6) is 5.75 Å². The highest BCUT2D eigenvalue weighted by Gasteiger charge is 2.58. The second kappa shape index (κ2) is 8.07. The summed E-state index contributed by atoms with van der Waals surface area (Å²) in [6.07, 6.45) is 2.08. The summed E-state index contributed by atoms with van der Waals surface area (Å²) in [5.41, 5.74) is 0.166. The molecule has 4 heterocycles. The van der Waals surface area contributed by atoms with E-state index in [1.165, 1.54) is 0 Å². The SMILES string of the molecule is COc1cc(Cl)ccc1C(=O)N1C[C@H]2CN(C3CCOCC3)C[C@@]2(c2nc(C)no2)C1. The number of aromatic nitrogens is 2. The summed E-state index contributed by atoms with van der Waals surface area (Å²) in [4.78, 5) is 22.5. The summed E-state index contributed by atoms with van der Waals surface area (Å²) in [7, 11) is 1.55. The van der Waals surface area contributed by atoms with Crippen LogP contribution >= 0.6 is 11.6 Å². The molecule has 0 unspecified atom stereocenters. The molecule has 0 saturated carbocycles. The second-order valence-electron chi connectivity index (χ2n) is 8.80. The number of methoxy groups -OCH3 is 1. The van der Waals surface area contributed by atoms with E-state index < -0.39 is 0 Å². The molecule has 3 aliphatic heterocycles. The molecule has 0 spiro atoms. The molecule has 1 aromatic carbocycles. The molecule has 3 aliphatic rings. The number of carbonyl (C=O) groups excluding carboxylic acids is 1. The fourth-order valence-electron chi connectivity index (χ4n) is 5.40. The van der Waals surface area contributed by atoms with Gasteiger partial charge in [-0.15, -0.1) is 0 Å². The lowest BCUT2D eigenvalue weighted by Gasteiger charge is -2.33. The van der Waals surface area contributed by atoms with E-state index in [9.17, 15) is 4.79 Å². The third-order valence-electron chi connectivity index (χ3n) is 6.98. The molecule has 166 valence electrons. The molecular formula is C22H27ClN4O4. The Balaban J connectivity index is 1.43. The third-order valence-corrected chi connectivity index (χ3v) is 7.21. The number of amides is 1. The van der Waals surface area contributed by atoms with Gasteiger partial charge in [0.25, 0.3) is 5.91 Å². The number of benzene rings is 1. The average molecular weight is 447 g/mol. The average Bonchev–Trinajstić information content (AvgIpc) is 3.46. The molecule has 0 radical (unpaired) electrons. The van der Waals surface area contributed by atoms with Gasteiger partial charge in [0.1, 0.15) is 5.75 Å². The number of likely N-dealkylation sites (tertiary alicyclic amines) is 2. The number of hydrogen-bond donors (Lipinski definition) is 0. The van der Waals surface area contributed by atoms with Crippen molar-refractivity contribution < 1.29 is 18.8 Å². The lowest BCUT2D eigenvalue weighted by molar-refractivity contribution is 0.0369.